The molecule has 27 heavy (non-hydrogen) atoms. The molecule has 6 nitrogen and oxygen atoms in total. The highest BCUT2D eigenvalue weighted by molar-refractivity contribution is 5.76. The summed E-state index contributed by atoms with van der Waals surface area (Å²) < 4.78 is 0. The van der Waals surface area contributed by atoms with Gasteiger partial charge in [0, 0.05) is 38.6 Å². The molecule has 0 aromatic rings. The van der Waals surface area contributed by atoms with Gasteiger partial charge in [0.15, 0.2) is 0 Å². The van der Waals surface area contributed by atoms with Crippen molar-refractivity contribution in [2.24, 2.45) is 5.92 Å². The van der Waals surface area contributed by atoms with E-state index in [-0.39, 0.29) is 11.9 Å². The number of likely N-dealkylation sites (tertiary alicyclic amines) is 2. The maximum Gasteiger partial charge on any atom is 0.317 e. The van der Waals surface area contributed by atoms with Crippen LogP contribution in [-0.2, 0) is 4.79 Å². The Balaban J connectivity index is 1.27. The zero-order chi connectivity index (χ0) is 18.9. The third-order valence-corrected chi connectivity index (χ3v) is 6.51. The van der Waals surface area contributed by atoms with Crippen molar-refractivity contribution in [1.82, 2.24) is 20.4 Å². The van der Waals surface area contributed by atoms with Crippen LogP contribution in [0.15, 0.2) is 0 Å². The Morgan fingerprint density at radius 2 is 1.48 bits per heavy atom. The minimum atomic E-state index is 0.103. The number of piperidine rings is 2. The zero-order valence-electron chi connectivity index (χ0n) is 16.9. The Labute approximate surface area is 164 Å². The van der Waals surface area contributed by atoms with E-state index in [1.165, 1.54) is 51.6 Å². The van der Waals surface area contributed by atoms with E-state index in [1.54, 1.807) is 0 Å². The molecule has 0 unspecified atom stereocenters. The van der Waals surface area contributed by atoms with Gasteiger partial charge in [0.2, 0.25) is 5.91 Å². The molecule has 2 N–H and O–H groups in total. The summed E-state index contributed by atoms with van der Waals surface area (Å²) >= 11 is 0. The third kappa shape index (κ3) is 6.98. The van der Waals surface area contributed by atoms with Crippen LogP contribution in [0.5, 0.6) is 0 Å². The molecule has 0 bridgehead atoms. The minimum absolute atomic E-state index is 0.103. The van der Waals surface area contributed by atoms with Gasteiger partial charge in [0.05, 0.1) is 0 Å². The second-order valence-corrected chi connectivity index (χ2v) is 8.67. The molecule has 0 aromatic carbocycles. The van der Waals surface area contributed by atoms with Crippen molar-refractivity contribution in [3.63, 3.8) is 0 Å². The quantitative estimate of drug-likeness (QED) is 0.747. The van der Waals surface area contributed by atoms with Gasteiger partial charge < -0.3 is 20.4 Å². The fourth-order valence-corrected chi connectivity index (χ4v) is 4.72. The van der Waals surface area contributed by atoms with Crippen LogP contribution in [0.25, 0.3) is 0 Å². The van der Waals surface area contributed by atoms with Crippen molar-refractivity contribution in [2.75, 3.05) is 39.3 Å². The molecule has 0 atom stereocenters. The maximum absolute atomic E-state index is 12.4. The second kappa shape index (κ2) is 10.9. The molecule has 3 rings (SSSR count). The number of carbonyl (C=O) groups is 2. The molecule has 2 aliphatic heterocycles. The first kappa shape index (κ1) is 20.4. The summed E-state index contributed by atoms with van der Waals surface area (Å²) in [6.07, 6.45) is 12.5. The first-order valence-electron chi connectivity index (χ1n) is 11.3. The number of urea groups is 1. The van der Waals surface area contributed by atoms with Gasteiger partial charge in [-0.1, -0.05) is 25.7 Å². The van der Waals surface area contributed by atoms with Crippen molar-refractivity contribution < 1.29 is 9.59 Å². The summed E-state index contributed by atoms with van der Waals surface area (Å²) in [5.74, 6) is 0.593. The van der Waals surface area contributed by atoms with Crippen LogP contribution in [0.4, 0.5) is 4.79 Å². The van der Waals surface area contributed by atoms with E-state index >= 15 is 0 Å². The smallest absolute Gasteiger partial charge is 0.317 e. The molecule has 1 aliphatic carbocycles. The molecule has 3 aliphatic rings. The minimum Gasteiger partial charge on any atom is -0.355 e. The summed E-state index contributed by atoms with van der Waals surface area (Å²) in [5, 5.41) is 6.30. The van der Waals surface area contributed by atoms with Gasteiger partial charge in [0.25, 0.3) is 0 Å². The van der Waals surface area contributed by atoms with E-state index in [0.29, 0.717) is 18.4 Å². The summed E-state index contributed by atoms with van der Waals surface area (Å²) in [6.45, 7) is 5.66. The van der Waals surface area contributed by atoms with E-state index < -0.39 is 0 Å². The van der Waals surface area contributed by atoms with Crippen LogP contribution < -0.4 is 10.6 Å². The normalized spacial score (nSPS) is 23.2. The Morgan fingerprint density at radius 3 is 2.19 bits per heavy atom. The third-order valence-electron chi connectivity index (χ3n) is 6.51. The van der Waals surface area contributed by atoms with Gasteiger partial charge in [-0.05, 0) is 57.5 Å². The summed E-state index contributed by atoms with van der Waals surface area (Å²) in [6, 6.07) is 0.473. The summed E-state index contributed by atoms with van der Waals surface area (Å²) in [4.78, 5) is 29.0. The van der Waals surface area contributed by atoms with Crippen molar-refractivity contribution >= 4 is 11.9 Å². The standard InChI is InChI=1S/C21H38N4O2/c26-20(22-11-16-24-12-5-2-6-13-24)17-18-9-14-25(15-10-18)21(27)23-19-7-3-1-4-8-19/h18-19H,1-17H2,(H,22,26)(H,23,27). The lowest BCUT2D eigenvalue weighted by atomic mass is 9.93. The van der Waals surface area contributed by atoms with Crippen molar-refractivity contribution in [3.05, 3.63) is 0 Å². The van der Waals surface area contributed by atoms with E-state index in [1.807, 2.05) is 4.90 Å². The molecule has 3 amide bonds. The highest BCUT2D eigenvalue weighted by Gasteiger charge is 2.26. The van der Waals surface area contributed by atoms with Crippen molar-refractivity contribution in [2.45, 2.75) is 76.7 Å². The van der Waals surface area contributed by atoms with Crippen LogP contribution in [0.2, 0.25) is 0 Å². The molecule has 0 radical (unpaired) electrons. The van der Waals surface area contributed by atoms with Crippen LogP contribution in [0, 0.1) is 5.92 Å². The first-order valence-corrected chi connectivity index (χ1v) is 11.3. The van der Waals surface area contributed by atoms with Crippen LogP contribution in [0.1, 0.15) is 70.6 Å². The predicted molar refractivity (Wildman–Crippen MR) is 108 cm³/mol. The topological polar surface area (TPSA) is 64.7 Å². The van der Waals surface area contributed by atoms with E-state index in [2.05, 4.69) is 15.5 Å². The zero-order valence-corrected chi connectivity index (χ0v) is 16.9. The number of hydrogen-bond acceptors (Lipinski definition) is 3. The van der Waals surface area contributed by atoms with Crippen molar-refractivity contribution in [1.29, 1.82) is 0 Å². The second-order valence-electron chi connectivity index (χ2n) is 8.67. The van der Waals surface area contributed by atoms with E-state index in [4.69, 9.17) is 0 Å². The SMILES string of the molecule is O=C(CC1CCN(C(=O)NC2CCCCC2)CC1)NCCN1CCCCC1. The Bertz CT molecular complexity index is 465. The highest BCUT2D eigenvalue weighted by Crippen LogP contribution is 2.22. The van der Waals surface area contributed by atoms with Gasteiger partial charge >= 0.3 is 6.03 Å². The number of nitrogens with one attached hydrogen (secondary N) is 2. The monoisotopic (exact) mass is 378 g/mol. The number of nitrogens with zero attached hydrogens (tertiary/aromatic N) is 2. The average molecular weight is 379 g/mol. The van der Waals surface area contributed by atoms with E-state index in [0.717, 1.165) is 51.9 Å². The lowest BCUT2D eigenvalue weighted by molar-refractivity contribution is -0.122. The number of hydrogen-bond donors (Lipinski definition) is 2. The molecular weight excluding hydrogens is 340 g/mol. The Kier molecular flexibility index (Phi) is 8.24. The molecule has 3 fully saturated rings. The maximum atomic E-state index is 12.4. The molecule has 6 heteroatoms. The average Bonchev–Trinajstić information content (AvgIpc) is 2.70. The summed E-state index contributed by atoms with van der Waals surface area (Å²) in [5.41, 5.74) is 0. The molecule has 154 valence electrons. The Morgan fingerprint density at radius 1 is 0.815 bits per heavy atom. The van der Waals surface area contributed by atoms with Gasteiger partial charge in [-0.3, -0.25) is 4.79 Å². The van der Waals surface area contributed by atoms with Crippen LogP contribution in [-0.4, -0.2) is 67.0 Å². The molecule has 0 aromatic heterocycles. The fourth-order valence-electron chi connectivity index (χ4n) is 4.72. The molecule has 1 saturated carbocycles. The van der Waals surface area contributed by atoms with Gasteiger partial charge in [-0.15, -0.1) is 0 Å². The van der Waals surface area contributed by atoms with Gasteiger partial charge in [-0.25, -0.2) is 4.79 Å². The van der Waals surface area contributed by atoms with Crippen LogP contribution in [0.3, 0.4) is 0 Å². The molecule has 2 heterocycles. The number of amides is 3. The van der Waals surface area contributed by atoms with E-state index in [9.17, 15) is 9.59 Å². The van der Waals surface area contributed by atoms with Gasteiger partial charge in [-0.2, -0.15) is 0 Å². The first-order chi connectivity index (χ1) is 13.2. The van der Waals surface area contributed by atoms with Crippen LogP contribution >= 0.6 is 0 Å². The fraction of sp³-hybridized carbons (Fsp3) is 0.905. The lowest BCUT2D eigenvalue weighted by Crippen LogP contribution is -2.48. The number of rotatable bonds is 6. The van der Waals surface area contributed by atoms with Crippen molar-refractivity contribution in [3.8, 4) is 0 Å². The van der Waals surface area contributed by atoms with Gasteiger partial charge in [0.1, 0.15) is 0 Å². The number of carbonyl (C=O) groups excluding carboxylic acids is 2. The molecule has 2 saturated heterocycles. The Hall–Kier alpha value is -1.30. The highest BCUT2D eigenvalue weighted by atomic mass is 16.2. The molecule has 0 spiro atoms. The lowest BCUT2D eigenvalue weighted by Gasteiger charge is -2.33. The predicted octanol–water partition coefficient (Wildman–Crippen LogP) is 2.73. The molecular formula is C21H38N4O2. The summed E-state index contributed by atoms with van der Waals surface area (Å²) in [7, 11) is 0. The largest absolute Gasteiger partial charge is 0.355 e.